The first-order chi connectivity index (χ1) is 13.0. The molecule has 2 atom stereocenters. The van der Waals surface area contributed by atoms with Gasteiger partial charge in [-0.25, -0.2) is 4.98 Å². The molecule has 156 valence electrons. The third-order valence-corrected chi connectivity index (χ3v) is 4.42. The fraction of sp³-hybridized carbons (Fsp3) is 0.611. The minimum atomic E-state index is -0.926. The summed E-state index contributed by atoms with van der Waals surface area (Å²) in [6.45, 7) is 5.09. The van der Waals surface area contributed by atoms with E-state index in [0.29, 0.717) is 42.9 Å². The second-order valence-electron chi connectivity index (χ2n) is 6.80. The smallest absolute Gasteiger partial charge is 0.308 e. The van der Waals surface area contributed by atoms with Gasteiger partial charge < -0.3 is 25.8 Å². The molecule has 0 spiro atoms. The Morgan fingerprint density at radius 3 is 2.36 bits per heavy atom. The van der Waals surface area contributed by atoms with Crippen molar-refractivity contribution in [1.29, 1.82) is 0 Å². The van der Waals surface area contributed by atoms with Gasteiger partial charge in [0.15, 0.2) is 0 Å². The average Bonchev–Trinajstić information content (AvgIpc) is 2.79. The minimum Gasteiger partial charge on any atom is -0.481 e. The Morgan fingerprint density at radius 1 is 1.25 bits per heavy atom. The Balaban J connectivity index is 0.000000892. The Bertz CT molecular complexity index is 772. The topological polar surface area (TPSA) is 167 Å². The van der Waals surface area contributed by atoms with E-state index in [4.69, 9.17) is 15.6 Å². The number of carboxylic acids is 2. The van der Waals surface area contributed by atoms with E-state index >= 15 is 0 Å². The molecule has 0 aliphatic carbocycles. The molecule has 0 bridgehead atoms. The summed E-state index contributed by atoms with van der Waals surface area (Å²) in [7, 11) is 0. The van der Waals surface area contributed by atoms with E-state index in [2.05, 4.69) is 9.97 Å². The highest BCUT2D eigenvalue weighted by atomic mass is 16.4. The van der Waals surface area contributed by atoms with Crippen LogP contribution < -0.4 is 11.3 Å². The monoisotopic (exact) mass is 396 g/mol. The molecular formula is C18H28N4O6. The van der Waals surface area contributed by atoms with Crippen LogP contribution in [0.2, 0.25) is 0 Å². The van der Waals surface area contributed by atoms with Gasteiger partial charge in [0.1, 0.15) is 5.82 Å². The molecule has 0 aromatic carbocycles. The number of hydrogen-bond acceptors (Lipinski definition) is 6. The number of carboxylic acid groups (broad SMARTS) is 2. The molecule has 1 amide bonds. The summed E-state index contributed by atoms with van der Waals surface area (Å²) in [5.74, 6) is -2.10. The maximum Gasteiger partial charge on any atom is 0.308 e. The maximum atomic E-state index is 12.6. The van der Waals surface area contributed by atoms with Crippen molar-refractivity contribution < 1.29 is 24.6 Å². The zero-order valence-corrected chi connectivity index (χ0v) is 16.4. The van der Waals surface area contributed by atoms with Crippen LogP contribution in [0.25, 0.3) is 0 Å². The first kappa shape index (κ1) is 23.3. The molecule has 1 fully saturated rings. The average molecular weight is 396 g/mol. The number of nitrogens with two attached hydrogens (primary N) is 1. The van der Waals surface area contributed by atoms with Crippen molar-refractivity contribution >= 4 is 17.8 Å². The molecule has 1 saturated heterocycles. The Kier molecular flexibility index (Phi) is 8.77. The minimum absolute atomic E-state index is 0.1000. The van der Waals surface area contributed by atoms with Crippen LogP contribution in [0, 0.1) is 12.8 Å². The molecule has 10 nitrogen and oxygen atoms in total. The van der Waals surface area contributed by atoms with E-state index in [1.165, 1.54) is 4.90 Å². The van der Waals surface area contributed by atoms with Crippen LogP contribution in [-0.4, -0.2) is 62.1 Å². The zero-order valence-electron chi connectivity index (χ0n) is 16.4. The summed E-state index contributed by atoms with van der Waals surface area (Å²) >= 11 is 0. The number of H-pyrrole nitrogens is 1. The van der Waals surface area contributed by atoms with Crippen molar-refractivity contribution in [2.24, 2.45) is 11.7 Å². The highest BCUT2D eigenvalue weighted by Gasteiger charge is 2.29. The Hall–Kier alpha value is -2.75. The van der Waals surface area contributed by atoms with Gasteiger partial charge >= 0.3 is 5.97 Å². The summed E-state index contributed by atoms with van der Waals surface area (Å²) in [5.41, 5.74) is 6.48. The maximum absolute atomic E-state index is 12.6. The highest BCUT2D eigenvalue weighted by Crippen LogP contribution is 2.17. The third-order valence-electron chi connectivity index (χ3n) is 4.42. The van der Waals surface area contributed by atoms with Crippen molar-refractivity contribution in [2.45, 2.75) is 52.5 Å². The van der Waals surface area contributed by atoms with Gasteiger partial charge in [-0.15, -0.1) is 0 Å². The fourth-order valence-corrected chi connectivity index (χ4v) is 2.93. The molecule has 1 aliphatic rings. The number of hydrogen-bond donors (Lipinski definition) is 4. The third kappa shape index (κ3) is 7.10. The number of nitrogens with one attached hydrogen (secondary N) is 1. The molecule has 28 heavy (non-hydrogen) atoms. The summed E-state index contributed by atoms with van der Waals surface area (Å²) in [6, 6.07) is -0.252. The van der Waals surface area contributed by atoms with Crippen LogP contribution >= 0.6 is 0 Å². The van der Waals surface area contributed by atoms with Gasteiger partial charge in [0.2, 0.25) is 5.91 Å². The van der Waals surface area contributed by atoms with E-state index in [-0.39, 0.29) is 30.5 Å². The van der Waals surface area contributed by atoms with Crippen molar-refractivity contribution in [3.05, 3.63) is 27.4 Å². The van der Waals surface area contributed by atoms with Gasteiger partial charge in [0, 0.05) is 43.7 Å². The lowest BCUT2D eigenvalue weighted by atomic mass is 10.0. The zero-order chi connectivity index (χ0) is 21.4. The summed E-state index contributed by atoms with van der Waals surface area (Å²) < 4.78 is 0. The van der Waals surface area contributed by atoms with E-state index in [1.54, 1.807) is 6.92 Å². The molecule has 5 N–H and O–H groups in total. The number of aryl methyl sites for hydroxylation is 2. The van der Waals surface area contributed by atoms with Crippen LogP contribution in [0.5, 0.6) is 0 Å². The predicted octanol–water partition coefficient (Wildman–Crippen LogP) is -0.0754. The SMILES string of the molecule is CC(=O)O.CCc1nc(C)c(CC(=O)N2C[C@H](N)CC[C@H](C(=O)O)C2)c(=O)[nH]1. The van der Waals surface area contributed by atoms with Gasteiger partial charge in [-0.1, -0.05) is 6.92 Å². The quantitative estimate of drug-likeness (QED) is 0.548. The normalized spacial score (nSPS) is 19.2. The molecule has 0 unspecified atom stereocenters. The van der Waals surface area contributed by atoms with Crippen molar-refractivity contribution in [3.8, 4) is 0 Å². The molecule has 1 aromatic rings. The number of aromatic nitrogens is 2. The lowest BCUT2D eigenvalue weighted by Crippen LogP contribution is -2.43. The van der Waals surface area contributed by atoms with E-state index in [0.717, 1.165) is 6.92 Å². The molecule has 0 saturated carbocycles. The number of carbonyl (C=O) groups is 3. The molecule has 10 heteroatoms. The highest BCUT2D eigenvalue weighted by molar-refractivity contribution is 5.80. The molecule has 0 radical (unpaired) electrons. The number of amides is 1. The van der Waals surface area contributed by atoms with Crippen LogP contribution in [0.1, 0.15) is 43.8 Å². The largest absolute Gasteiger partial charge is 0.481 e. The number of aromatic amines is 1. The lowest BCUT2D eigenvalue weighted by molar-refractivity contribution is -0.143. The van der Waals surface area contributed by atoms with Gasteiger partial charge in [-0.2, -0.15) is 0 Å². The van der Waals surface area contributed by atoms with Gasteiger partial charge in [-0.3, -0.25) is 19.2 Å². The van der Waals surface area contributed by atoms with Crippen LogP contribution in [0.4, 0.5) is 0 Å². The second-order valence-corrected chi connectivity index (χ2v) is 6.80. The molecular weight excluding hydrogens is 368 g/mol. The number of nitrogens with zero attached hydrogens (tertiary/aromatic N) is 2. The first-order valence-corrected chi connectivity index (χ1v) is 9.09. The van der Waals surface area contributed by atoms with Crippen LogP contribution in [-0.2, 0) is 27.2 Å². The number of carbonyl (C=O) groups excluding carboxylic acids is 1. The predicted molar refractivity (Wildman–Crippen MR) is 101 cm³/mol. The summed E-state index contributed by atoms with van der Waals surface area (Å²) in [4.78, 5) is 53.4. The van der Waals surface area contributed by atoms with Crippen LogP contribution in [0.15, 0.2) is 4.79 Å². The Morgan fingerprint density at radius 2 is 1.86 bits per heavy atom. The van der Waals surface area contributed by atoms with E-state index in [9.17, 15) is 19.5 Å². The number of aliphatic carboxylic acids is 2. The molecule has 1 aromatic heterocycles. The van der Waals surface area contributed by atoms with Gasteiger partial charge in [0.05, 0.1) is 12.3 Å². The second kappa shape index (κ2) is 10.5. The van der Waals surface area contributed by atoms with Crippen LogP contribution in [0.3, 0.4) is 0 Å². The molecule has 2 rings (SSSR count). The molecule has 1 aliphatic heterocycles. The summed E-state index contributed by atoms with van der Waals surface area (Å²) in [6.07, 6.45) is 1.52. The Labute approximate surface area is 162 Å². The number of likely N-dealkylation sites (tertiary alicyclic amines) is 1. The van der Waals surface area contributed by atoms with Gasteiger partial charge in [-0.05, 0) is 19.8 Å². The first-order valence-electron chi connectivity index (χ1n) is 9.09. The van der Waals surface area contributed by atoms with E-state index in [1.807, 2.05) is 6.92 Å². The van der Waals surface area contributed by atoms with Crippen molar-refractivity contribution in [2.75, 3.05) is 13.1 Å². The van der Waals surface area contributed by atoms with Crippen molar-refractivity contribution in [1.82, 2.24) is 14.9 Å². The lowest BCUT2D eigenvalue weighted by Gasteiger charge is -2.24. The fourth-order valence-electron chi connectivity index (χ4n) is 2.93. The van der Waals surface area contributed by atoms with E-state index < -0.39 is 17.9 Å². The summed E-state index contributed by atoms with van der Waals surface area (Å²) in [5, 5.41) is 16.7. The van der Waals surface area contributed by atoms with Crippen molar-refractivity contribution in [3.63, 3.8) is 0 Å². The van der Waals surface area contributed by atoms with Gasteiger partial charge in [0.25, 0.3) is 11.5 Å². The number of rotatable bonds is 4. The molecule has 2 heterocycles. The standard InChI is InChI=1S/C16H24N4O4.C2H4O2/c1-3-13-18-9(2)12(15(22)19-13)6-14(21)20-7-10(16(23)24)4-5-11(17)8-20;1-2(3)4/h10-11H,3-8,17H2,1-2H3,(H,23,24)(H,18,19,22);1H3,(H,3,4)/t10-,11+;/m0./s1.